The molecule has 0 amide bonds. The van der Waals surface area contributed by atoms with Gasteiger partial charge in [-0.25, -0.2) is 4.68 Å². The Hall–Kier alpha value is -2.43. The number of hydrogen-bond acceptors (Lipinski definition) is 6. The second-order valence-corrected chi connectivity index (χ2v) is 3.36. The molecule has 2 heterocycles. The highest BCUT2D eigenvalue weighted by Gasteiger charge is 2.30. The van der Waals surface area contributed by atoms with Crippen molar-refractivity contribution in [2.24, 2.45) is 0 Å². The first kappa shape index (κ1) is 11.1. The van der Waals surface area contributed by atoms with Gasteiger partial charge >= 0.3 is 5.91 Å². The molecule has 4 N–H and O–H groups in total. The summed E-state index contributed by atoms with van der Waals surface area (Å²) in [5.74, 6) is -2.24. The summed E-state index contributed by atoms with van der Waals surface area (Å²) in [5.41, 5.74) is 5.65. The Balaban J connectivity index is 2.41. The van der Waals surface area contributed by atoms with Crippen LogP contribution in [0.3, 0.4) is 0 Å². The molecule has 0 atom stereocenters. The molecule has 7 nitrogen and oxygen atoms in total. The largest absolute Gasteiger partial charge is 0.382 e. The highest BCUT2D eigenvalue weighted by molar-refractivity contribution is 5.28. The summed E-state index contributed by atoms with van der Waals surface area (Å²) < 4.78 is 0.872. The lowest BCUT2D eigenvalue weighted by atomic mass is 10.2. The predicted octanol–water partition coefficient (Wildman–Crippen LogP) is -0.625. The van der Waals surface area contributed by atoms with Crippen molar-refractivity contribution in [2.45, 2.75) is 5.91 Å². The normalized spacial score (nSPS) is 11.1. The zero-order chi connectivity index (χ0) is 12.5. The van der Waals surface area contributed by atoms with Gasteiger partial charge in [-0.3, -0.25) is 4.98 Å². The minimum Gasteiger partial charge on any atom is -0.382 e. The molecular weight excluding hydrogens is 222 g/mol. The van der Waals surface area contributed by atoms with Crippen molar-refractivity contribution in [1.82, 2.24) is 14.8 Å². The average molecular weight is 231 g/mol. The topological polar surface area (TPSA) is 121 Å². The first-order chi connectivity index (χ1) is 8.04. The van der Waals surface area contributed by atoms with E-state index in [1.165, 1.54) is 30.6 Å². The lowest BCUT2D eigenvalue weighted by Gasteiger charge is -2.20. The number of aliphatic hydroxyl groups is 2. The van der Waals surface area contributed by atoms with E-state index in [4.69, 9.17) is 11.0 Å². The molecule has 0 fully saturated rings. The van der Waals surface area contributed by atoms with Gasteiger partial charge in [0.05, 0.1) is 5.56 Å². The van der Waals surface area contributed by atoms with Crippen LogP contribution in [0, 0.1) is 11.3 Å². The molecule has 0 radical (unpaired) electrons. The fraction of sp³-hybridized carbons (Fsp3) is 0.100. The third-order valence-corrected chi connectivity index (χ3v) is 2.17. The lowest BCUT2D eigenvalue weighted by Crippen LogP contribution is -2.35. The predicted molar refractivity (Wildman–Crippen MR) is 57.1 cm³/mol. The van der Waals surface area contributed by atoms with E-state index in [1.54, 1.807) is 0 Å². The van der Waals surface area contributed by atoms with Gasteiger partial charge < -0.3 is 15.9 Å². The fourth-order valence-electron chi connectivity index (χ4n) is 1.29. The summed E-state index contributed by atoms with van der Waals surface area (Å²) >= 11 is 0. The highest BCUT2D eigenvalue weighted by Crippen LogP contribution is 2.18. The molecule has 0 saturated heterocycles. The van der Waals surface area contributed by atoms with Crippen molar-refractivity contribution in [3.05, 3.63) is 41.9 Å². The maximum atomic E-state index is 9.89. The average Bonchev–Trinajstić information content (AvgIpc) is 2.77. The van der Waals surface area contributed by atoms with Crippen LogP contribution in [0.4, 0.5) is 5.82 Å². The molecule has 0 aliphatic carbocycles. The summed E-state index contributed by atoms with van der Waals surface area (Å²) in [7, 11) is 0. The van der Waals surface area contributed by atoms with Crippen molar-refractivity contribution >= 4 is 5.82 Å². The van der Waals surface area contributed by atoms with Crippen molar-refractivity contribution in [1.29, 1.82) is 5.26 Å². The van der Waals surface area contributed by atoms with Crippen LogP contribution in [-0.2, 0) is 5.91 Å². The molecule has 0 aromatic carbocycles. The van der Waals surface area contributed by atoms with Gasteiger partial charge in [0.15, 0.2) is 0 Å². The van der Waals surface area contributed by atoms with Crippen LogP contribution in [0.15, 0.2) is 30.6 Å². The van der Waals surface area contributed by atoms with E-state index in [2.05, 4.69) is 10.1 Å². The van der Waals surface area contributed by atoms with E-state index in [9.17, 15) is 10.2 Å². The van der Waals surface area contributed by atoms with Gasteiger partial charge in [0.25, 0.3) is 0 Å². The van der Waals surface area contributed by atoms with Gasteiger partial charge in [-0.2, -0.15) is 10.4 Å². The number of pyridine rings is 1. The molecular formula is C10H9N5O2. The Morgan fingerprint density at radius 2 is 2.12 bits per heavy atom. The first-order valence-electron chi connectivity index (χ1n) is 4.67. The second kappa shape index (κ2) is 3.86. The van der Waals surface area contributed by atoms with E-state index < -0.39 is 5.91 Å². The molecule has 86 valence electrons. The zero-order valence-corrected chi connectivity index (χ0v) is 8.65. The van der Waals surface area contributed by atoms with E-state index in [0.717, 1.165) is 4.68 Å². The van der Waals surface area contributed by atoms with Crippen LogP contribution in [0.25, 0.3) is 0 Å². The summed E-state index contributed by atoms with van der Waals surface area (Å²) in [6.45, 7) is 0. The SMILES string of the molecule is N#Cc1ccc(C(O)(O)n2ccc(N)n2)nc1. The van der Waals surface area contributed by atoms with E-state index in [1.807, 2.05) is 6.07 Å². The molecule has 2 aromatic heterocycles. The van der Waals surface area contributed by atoms with Crippen LogP contribution in [0.1, 0.15) is 11.3 Å². The number of rotatable bonds is 2. The van der Waals surface area contributed by atoms with Gasteiger partial charge in [0.1, 0.15) is 17.6 Å². The fourth-order valence-corrected chi connectivity index (χ4v) is 1.29. The van der Waals surface area contributed by atoms with Crippen molar-refractivity contribution in [3.63, 3.8) is 0 Å². The monoisotopic (exact) mass is 231 g/mol. The summed E-state index contributed by atoms with van der Waals surface area (Å²) in [6.07, 6.45) is 2.55. The van der Waals surface area contributed by atoms with E-state index in [-0.39, 0.29) is 11.5 Å². The number of nitrogen functional groups attached to an aromatic ring is 1. The molecule has 0 aliphatic heterocycles. The molecule has 2 aromatic rings. The maximum absolute atomic E-state index is 9.89. The van der Waals surface area contributed by atoms with Crippen molar-refractivity contribution in [3.8, 4) is 6.07 Å². The van der Waals surface area contributed by atoms with Crippen LogP contribution in [0.5, 0.6) is 0 Å². The van der Waals surface area contributed by atoms with Crippen LogP contribution >= 0.6 is 0 Å². The van der Waals surface area contributed by atoms with Crippen LogP contribution in [0.2, 0.25) is 0 Å². The second-order valence-electron chi connectivity index (χ2n) is 3.36. The number of aromatic nitrogens is 3. The van der Waals surface area contributed by atoms with Gasteiger partial charge in [-0.15, -0.1) is 0 Å². The Kier molecular flexibility index (Phi) is 2.51. The number of nitrogens with zero attached hydrogens (tertiary/aromatic N) is 4. The van der Waals surface area contributed by atoms with E-state index in [0.29, 0.717) is 5.56 Å². The molecule has 7 heteroatoms. The quantitative estimate of drug-likeness (QED) is 0.592. The van der Waals surface area contributed by atoms with Crippen LogP contribution in [-0.4, -0.2) is 25.0 Å². The minimum absolute atomic E-state index is 0.0559. The summed E-state index contributed by atoms with van der Waals surface area (Å²) in [6, 6.07) is 6.06. The third kappa shape index (κ3) is 1.94. The molecule has 0 unspecified atom stereocenters. The highest BCUT2D eigenvalue weighted by atomic mass is 16.5. The number of nitriles is 1. The van der Waals surface area contributed by atoms with Crippen LogP contribution < -0.4 is 5.73 Å². The smallest absolute Gasteiger partial charge is 0.312 e. The zero-order valence-electron chi connectivity index (χ0n) is 8.65. The molecule has 17 heavy (non-hydrogen) atoms. The van der Waals surface area contributed by atoms with E-state index >= 15 is 0 Å². The summed E-state index contributed by atoms with van der Waals surface area (Å²) in [5, 5.41) is 32.1. The Labute approximate surface area is 96.4 Å². The molecule has 0 spiro atoms. The number of anilines is 1. The standard InChI is InChI=1S/C10H9N5O2/c11-5-7-1-2-8(13-6-7)10(16,17)15-4-3-9(12)14-15/h1-4,6,16-17H,(H2,12,14). The number of hydrogen-bond donors (Lipinski definition) is 3. The van der Waals surface area contributed by atoms with Gasteiger partial charge in [0, 0.05) is 18.5 Å². The Morgan fingerprint density at radius 3 is 2.59 bits per heavy atom. The van der Waals surface area contributed by atoms with Crippen molar-refractivity contribution < 1.29 is 10.2 Å². The van der Waals surface area contributed by atoms with Gasteiger partial charge in [0.2, 0.25) is 0 Å². The molecule has 0 saturated carbocycles. The van der Waals surface area contributed by atoms with Gasteiger partial charge in [-0.05, 0) is 12.1 Å². The van der Waals surface area contributed by atoms with Gasteiger partial charge in [-0.1, -0.05) is 0 Å². The molecule has 0 aliphatic rings. The maximum Gasteiger partial charge on any atom is 0.312 e. The Bertz CT molecular complexity index is 567. The first-order valence-corrected chi connectivity index (χ1v) is 4.67. The lowest BCUT2D eigenvalue weighted by molar-refractivity contribution is -0.202. The Morgan fingerprint density at radius 1 is 1.35 bits per heavy atom. The van der Waals surface area contributed by atoms with Crippen molar-refractivity contribution in [2.75, 3.05) is 5.73 Å². The minimum atomic E-state index is -2.40. The summed E-state index contributed by atoms with van der Waals surface area (Å²) in [4.78, 5) is 3.78. The third-order valence-electron chi connectivity index (χ3n) is 2.17. The molecule has 0 bridgehead atoms. The molecule has 2 rings (SSSR count). The number of nitrogens with two attached hydrogens (primary N) is 1.